The Morgan fingerprint density at radius 2 is 1.79 bits per heavy atom. The zero-order valence-corrected chi connectivity index (χ0v) is 14.0. The molecule has 3 rings (SSSR count). The van der Waals surface area contributed by atoms with E-state index in [4.69, 9.17) is 4.74 Å². The van der Waals surface area contributed by atoms with Gasteiger partial charge in [0.05, 0.1) is 5.56 Å². The average Bonchev–Trinajstić information content (AvgIpc) is 2.55. The zero-order chi connectivity index (χ0) is 17.3. The third-order valence-corrected chi connectivity index (χ3v) is 4.20. The molecule has 0 radical (unpaired) electrons. The van der Waals surface area contributed by atoms with Crippen LogP contribution >= 0.6 is 0 Å². The van der Waals surface area contributed by atoms with Crippen molar-refractivity contribution < 1.29 is 14.3 Å². The Labute approximate surface area is 141 Å². The van der Waals surface area contributed by atoms with E-state index in [9.17, 15) is 9.59 Å². The van der Waals surface area contributed by atoms with Crippen LogP contribution in [0.15, 0.2) is 48.5 Å². The third-order valence-electron chi connectivity index (χ3n) is 4.20. The lowest BCUT2D eigenvalue weighted by Crippen LogP contribution is -2.48. The number of hydrogen-bond acceptors (Lipinski definition) is 4. The Kier molecular flexibility index (Phi) is 4.01. The van der Waals surface area contributed by atoms with Gasteiger partial charge < -0.3 is 15.0 Å². The number of nitrogens with zero attached hydrogens (tertiary/aromatic N) is 1. The maximum absolute atomic E-state index is 12.7. The molecule has 0 unspecified atom stereocenters. The van der Waals surface area contributed by atoms with Gasteiger partial charge in [-0.25, -0.2) is 4.79 Å². The highest BCUT2D eigenvalue weighted by Crippen LogP contribution is 2.29. The Balaban J connectivity index is 1.78. The lowest BCUT2D eigenvalue weighted by molar-refractivity contribution is -0.134. The summed E-state index contributed by atoms with van der Waals surface area (Å²) in [6, 6.07) is 14.7. The van der Waals surface area contributed by atoms with Crippen molar-refractivity contribution in [2.24, 2.45) is 0 Å². The fourth-order valence-corrected chi connectivity index (χ4v) is 2.77. The van der Waals surface area contributed by atoms with E-state index in [0.717, 1.165) is 11.3 Å². The van der Waals surface area contributed by atoms with Crippen molar-refractivity contribution in [1.29, 1.82) is 0 Å². The Morgan fingerprint density at radius 3 is 2.46 bits per heavy atom. The summed E-state index contributed by atoms with van der Waals surface area (Å²) in [5.41, 5.74) is 1.84. The molecule has 1 aliphatic rings. The minimum absolute atomic E-state index is 0.331. The van der Waals surface area contributed by atoms with Crippen molar-refractivity contribution in [2.45, 2.75) is 18.9 Å². The van der Waals surface area contributed by atoms with E-state index < -0.39 is 11.6 Å². The van der Waals surface area contributed by atoms with Crippen molar-refractivity contribution in [2.75, 3.05) is 24.3 Å². The molecule has 0 aromatic heterocycles. The van der Waals surface area contributed by atoms with Gasteiger partial charge in [-0.3, -0.25) is 4.79 Å². The maximum Gasteiger partial charge on any atom is 0.339 e. The lowest BCUT2D eigenvalue weighted by atomic mass is 9.89. The quantitative estimate of drug-likeness (QED) is 0.882. The molecule has 0 bridgehead atoms. The summed E-state index contributed by atoms with van der Waals surface area (Å²) in [4.78, 5) is 26.8. The Bertz CT molecular complexity index is 783. The van der Waals surface area contributed by atoms with Gasteiger partial charge in [0.2, 0.25) is 0 Å². The predicted molar refractivity (Wildman–Crippen MR) is 93.4 cm³/mol. The number of esters is 1. The molecule has 1 amide bonds. The van der Waals surface area contributed by atoms with E-state index in [1.165, 1.54) is 0 Å². The van der Waals surface area contributed by atoms with E-state index in [-0.39, 0.29) is 5.91 Å². The highest BCUT2D eigenvalue weighted by Gasteiger charge is 2.42. The lowest BCUT2D eigenvalue weighted by Gasteiger charge is -2.33. The van der Waals surface area contributed by atoms with Crippen LogP contribution in [0.25, 0.3) is 0 Å². The van der Waals surface area contributed by atoms with Crippen molar-refractivity contribution in [3.05, 3.63) is 59.7 Å². The molecule has 1 N–H and O–H groups in total. The molecule has 1 heterocycles. The van der Waals surface area contributed by atoms with Crippen LogP contribution in [0.1, 0.15) is 22.8 Å². The first-order chi connectivity index (χ1) is 11.4. The van der Waals surface area contributed by atoms with Gasteiger partial charge in [0.15, 0.2) is 5.60 Å². The Hall–Kier alpha value is -2.82. The smallest absolute Gasteiger partial charge is 0.339 e. The summed E-state index contributed by atoms with van der Waals surface area (Å²) in [5.74, 6) is -0.791. The molecule has 0 saturated carbocycles. The maximum atomic E-state index is 12.7. The van der Waals surface area contributed by atoms with Gasteiger partial charge in [0.1, 0.15) is 0 Å². The highest BCUT2D eigenvalue weighted by atomic mass is 16.6. The van der Waals surface area contributed by atoms with Crippen molar-refractivity contribution >= 4 is 23.3 Å². The first-order valence-corrected chi connectivity index (χ1v) is 7.79. The topological polar surface area (TPSA) is 58.6 Å². The number of amides is 1. The summed E-state index contributed by atoms with van der Waals surface area (Å²) in [6.07, 6.45) is 0.358. The van der Waals surface area contributed by atoms with Crippen molar-refractivity contribution in [1.82, 2.24) is 0 Å². The number of carbonyl (C=O) groups excluding carboxylic acids is 2. The number of rotatable bonds is 3. The second kappa shape index (κ2) is 6.00. The molecule has 5 heteroatoms. The van der Waals surface area contributed by atoms with Crippen LogP contribution in [0.5, 0.6) is 0 Å². The van der Waals surface area contributed by atoms with Crippen LogP contribution in [0.2, 0.25) is 0 Å². The summed E-state index contributed by atoms with van der Waals surface area (Å²) in [5, 5.41) is 2.83. The molecule has 0 spiro atoms. The number of cyclic esters (lactones) is 1. The molecule has 1 aliphatic heterocycles. The molecular formula is C19H20N2O3. The van der Waals surface area contributed by atoms with E-state index in [2.05, 4.69) is 5.32 Å². The number of fused-ring (bicyclic) bond motifs is 1. The summed E-state index contributed by atoms with van der Waals surface area (Å²) in [7, 11) is 3.90. The van der Waals surface area contributed by atoms with Gasteiger partial charge in [0, 0.05) is 31.9 Å². The molecule has 0 saturated heterocycles. The first kappa shape index (κ1) is 16.1. The minimum atomic E-state index is -1.22. The van der Waals surface area contributed by atoms with Crippen molar-refractivity contribution in [3.63, 3.8) is 0 Å². The van der Waals surface area contributed by atoms with E-state index in [1.54, 1.807) is 19.1 Å². The first-order valence-electron chi connectivity index (χ1n) is 7.79. The van der Waals surface area contributed by atoms with Crippen LogP contribution in [-0.4, -0.2) is 31.6 Å². The second-order valence-corrected chi connectivity index (χ2v) is 6.35. The molecular weight excluding hydrogens is 304 g/mol. The third kappa shape index (κ3) is 2.97. The zero-order valence-electron chi connectivity index (χ0n) is 14.0. The second-order valence-electron chi connectivity index (χ2n) is 6.35. The molecule has 24 heavy (non-hydrogen) atoms. The van der Waals surface area contributed by atoms with Crippen LogP contribution < -0.4 is 10.2 Å². The molecule has 2 aromatic carbocycles. The Morgan fingerprint density at radius 1 is 1.12 bits per heavy atom. The van der Waals surface area contributed by atoms with E-state index >= 15 is 0 Å². The number of ether oxygens (including phenoxy) is 1. The van der Waals surface area contributed by atoms with Gasteiger partial charge in [-0.15, -0.1) is 0 Å². The van der Waals surface area contributed by atoms with Crippen LogP contribution in [0.3, 0.4) is 0 Å². The normalized spacial score (nSPS) is 19.2. The number of anilines is 2. The standard InChI is InChI=1S/C19H20N2O3/c1-19(12-13-6-4-5-7-16(13)17(22)24-19)18(23)20-14-8-10-15(11-9-14)21(2)3/h4-11H,12H2,1-3H3,(H,20,23)/t19-/m1/s1. The molecule has 5 nitrogen and oxygen atoms in total. The summed E-state index contributed by atoms with van der Waals surface area (Å²) in [6.45, 7) is 1.64. The highest BCUT2D eigenvalue weighted by molar-refractivity contribution is 6.02. The average molecular weight is 324 g/mol. The fraction of sp³-hybridized carbons (Fsp3) is 0.263. The van der Waals surface area contributed by atoms with Crippen LogP contribution in [0, 0.1) is 0 Å². The number of benzene rings is 2. The van der Waals surface area contributed by atoms with Gasteiger partial charge >= 0.3 is 5.97 Å². The van der Waals surface area contributed by atoms with Gasteiger partial charge in [0.25, 0.3) is 5.91 Å². The predicted octanol–water partition coefficient (Wildman–Crippen LogP) is 2.86. The summed E-state index contributed by atoms with van der Waals surface area (Å²) >= 11 is 0. The molecule has 124 valence electrons. The van der Waals surface area contributed by atoms with Gasteiger partial charge in [-0.2, -0.15) is 0 Å². The van der Waals surface area contributed by atoms with Crippen LogP contribution in [-0.2, 0) is 16.0 Å². The summed E-state index contributed by atoms with van der Waals surface area (Å²) < 4.78 is 5.44. The molecule has 1 atom stereocenters. The number of nitrogens with one attached hydrogen (secondary N) is 1. The molecule has 0 fully saturated rings. The van der Waals surface area contributed by atoms with Gasteiger partial charge in [-0.1, -0.05) is 18.2 Å². The monoisotopic (exact) mass is 324 g/mol. The number of carbonyl (C=O) groups is 2. The van der Waals surface area contributed by atoms with Crippen molar-refractivity contribution in [3.8, 4) is 0 Å². The largest absolute Gasteiger partial charge is 0.445 e. The van der Waals surface area contributed by atoms with E-state index in [0.29, 0.717) is 17.7 Å². The van der Waals surface area contributed by atoms with E-state index in [1.807, 2.05) is 55.4 Å². The SMILES string of the molecule is CN(C)c1ccc(NC(=O)[C@@]2(C)Cc3ccccc3C(=O)O2)cc1. The minimum Gasteiger partial charge on any atom is -0.445 e. The van der Waals surface area contributed by atoms with Crippen LogP contribution in [0.4, 0.5) is 11.4 Å². The molecule has 2 aromatic rings. The van der Waals surface area contributed by atoms with Gasteiger partial charge in [-0.05, 0) is 42.8 Å². The number of hydrogen-bond donors (Lipinski definition) is 1. The molecule has 0 aliphatic carbocycles. The fourth-order valence-electron chi connectivity index (χ4n) is 2.77.